The molecule has 1 unspecified atom stereocenters. The molecule has 0 saturated carbocycles. The molecule has 2 rings (SSSR count). The number of hydrogen-bond donors (Lipinski definition) is 0. The van der Waals surface area contributed by atoms with E-state index in [0.717, 1.165) is 18.1 Å². The van der Waals surface area contributed by atoms with Gasteiger partial charge in [0.1, 0.15) is 0 Å². The van der Waals surface area contributed by atoms with E-state index in [9.17, 15) is 0 Å². The molecule has 0 amide bonds. The summed E-state index contributed by atoms with van der Waals surface area (Å²) in [7, 11) is 0. The summed E-state index contributed by atoms with van der Waals surface area (Å²) in [5, 5.41) is 0.817. The second kappa shape index (κ2) is 5.72. The molecule has 1 atom stereocenters. The first kappa shape index (κ1) is 12.0. The average molecular weight is 256 g/mol. The molecule has 1 saturated heterocycles. The smallest absolute Gasteiger partial charge is 0.0409 e. The van der Waals surface area contributed by atoms with Crippen LogP contribution in [0.1, 0.15) is 24.4 Å². The van der Waals surface area contributed by atoms with Crippen molar-refractivity contribution in [3.8, 4) is 0 Å². The first-order valence-corrected chi connectivity index (χ1v) is 6.37. The van der Waals surface area contributed by atoms with Crippen molar-refractivity contribution in [1.82, 2.24) is 4.90 Å². The Hall–Kier alpha value is -0.500. The van der Waals surface area contributed by atoms with Gasteiger partial charge >= 0.3 is 0 Å². The molecular weight excluding hydrogens is 241 g/mol. The fraction of sp³-hybridized carbons (Fsp3) is 0.385. The van der Waals surface area contributed by atoms with Crippen molar-refractivity contribution in [3.63, 3.8) is 0 Å². The number of likely N-dealkylation sites (tertiary alicyclic amines) is 1. The molecule has 1 aromatic carbocycles. The zero-order valence-corrected chi connectivity index (χ0v) is 10.6. The van der Waals surface area contributed by atoms with E-state index >= 15 is 0 Å². The van der Waals surface area contributed by atoms with E-state index in [1.807, 2.05) is 18.2 Å². The summed E-state index contributed by atoms with van der Waals surface area (Å²) in [6.07, 6.45) is 4.44. The van der Waals surface area contributed by atoms with Gasteiger partial charge in [-0.1, -0.05) is 41.4 Å². The van der Waals surface area contributed by atoms with Crippen molar-refractivity contribution in [1.29, 1.82) is 0 Å². The largest absolute Gasteiger partial charge is 0.293 e. The number of nitrogens with zero attached hydrogens (tertiary/aromatic N) is 1. The van der Waals surface area contributed by atoms with Crippen LogP contribution in [0.5, 0.6) is 0 Å². The Morgan fingerprint density at radius 1 is 1.44 bits per heavy atom. The summed E-state index contributed by atoms with van der Waals surface area (Å²) < 4.78 is 0. The quantitative estimate of drug-likeness (QED) is 0.782. The van der Waals surface area contributed by atoms with Crippen LogP contribution in [0.15, 0.2) is 35.9 Å². The molecule has 0 spiro atoms. The normalized spacial score (nSPS) is 22.0. The van der Waals surface area contributed by atoms with Gasteiger partial charge in [-0.15, -0.1) is 0 Å². The van der Waals surface area contributed by atoms with Gasteiger partial charge in [-0.3, -0.25) is 4.90 Å². The van der Waals surface area contributed by atoms with Gasteiger partial charge < -0.3 is 0 Å². The van der Waals surface area contributed by atoms with Crippen molar-refractivity contribution < 1.29 is 0 Å². The number of rotatable bonds is 3. The lowest BCUT2D eigenvalue weighted by molar-refractivity contribution is 0.286. The van der Waals surface area contributed by atoms with Crippen molar-refractivity contribution in [2.45, 2.75) is 18.9 Å². The van der Waals surface area contributed by atoms with E-state index in [-0.39, 0.29) is 0 Å². The van der Waals surface area contributed by atoms with E-state index in [4.69, 9.17) is 23.2 Å². The Morgan fingerprint density at radius 3 is 3.06 bits per heavy atom. The van der Waals surface area contributed by atoms with Crippen LogP contribution in [-0.2, 0) is 0 Å². The third-order valence-corrected chi connectivity index (χ3v) is 3.44. The van der Waals surface area contributed by atoms with E-state index < -0.39 is 0 Å². The zero-order chi connectivity index (χ0) is 11.4. The van der Waals surface area contributed by atoms with Gasteiger partial charge in [0.15, 0.2) is 0 Å². The van der Waals surface area contributed by atoms with Crippen LogP contribution in [0.25, 0.3) is 0 Å². The Bertz CT molecular complexity index is 376. The number of halogens is 2. The van der Waals surface area contributed by atoms with E-state index in [1.54, 1.807) is 5.54 Å². The lowest BCUT2D eigenvalue weighted by Crippen LogP contribution is -2.23. The third kappa shape index (κ3) is 2.79. The molecule has 0 radical (unpaired) electrons. The Kier molecular flexibility index (Phi) is 4.28. The predicted octanol–water partition coefficient (Wildman–Crippen LogP) is 4.23. The SMILES string of the molecule is Cl/C=C/CN1CCCC1c1cccc(Cl)c1. The second-order valence-corrected chi connectivity index (χ2v) is 4.76. The van der Waals surface area contributed by atoms with Gasteiger partial charge in [-0.25, -0.2) is 0 Å². The minimum absolute atomic E-state index is 0.492. The fourth-order valence-electron chi connectivity index (χ4n) is 2.31. The van der Waals surface area contributed by atoms with Crippen LogP contribution in [0.3, 0.4) is 0 Å². The van der Waals surface area contributed by atoms with Gasteiger partial charge in [0.05, 0.1) is 0 Å². The molecule has 1 aliphatic heterocycles. The van der Waals surface area contributed by atoms with Crippen molar-refractivity contribution >= 4 is 23.2 Å². The summed E-state index contributed by atoms with van der Waals surface area (Å²) in [5.74, 6) is 0. The monoisotopic (exact) mass is 255 g/mol. The minimum atomic E-state index is 0.492. The third-order valence-electron chi connectivity index (χ3n) is 3.03. The molecule has 1 nitrogen and oxygen atoms in total. The second-order valence-electron chi connectivity index (χ2n) is 4.07. The maximum absolute atomic E-state index is 6.02. The Morgan fingerprint density at radius 2 is 2.31 bits per heavy atom. The van der Waals surface area contributed by atoms with Gasteiger partial charge in [-0.05, 0) is 37.1 Å². The molecule has 0 bridgehead atoms. The van der Waals surface area contributed by atoms with Gasteiger partial charge in [0, 0.05) is 23.1 Å². The highest BCUT2D eigenvalue weighted by Crippen LogP contribution is 2.32. The van der Waals surface area contributed by atoms with Gasteiger partial charge in [0.2, 0.25) is 0 Å². The molecule has 16 heavy (non-hydrogen) atoms. The van der Waals surface area contributed by atoms with Crippen LogP contribution in [0.2, 0.25) is 5.02 Å². The highest BCUT2D eigenvalue weighted by atomic mass is 35.5. The number of hydrogen-bond acceptors (Lipinski definition) is 1. The van der Waals surface area contributed by atoms with Crippen LogP contribution >= 0.6 is 23.2 Å². The van der Waals surface area contributed by atoms with E-state index in [2.05, 4.69) is 17.0 Å². The van der Waals surface area contributed by atoms with Crippen LogP contribution in [0, 0.1) is 0 Å². The van der Waals surface area contributed by atoms with Crippen LogP contribution in [0.4, 0.5) is 0 Å². The molecular formula is C13H15Cl2N. The van der Waals surface area contributed by atoms with Crippen molar-refractivity contribution in [3.05, 3.63) is 46.5 Å². The topological polar surface area (TPSA) is 3.24 Å². The standard InChI is InChI=1S/C13H15Cl2N/c14-7-3-9-16-8-2-6-13(16)11-4-1-5-12(15)10-11/h1,3-5,7,10,13H,2,6,8-9H2/b7-3+. The molecule has 3 heteroatoms. The maximum Gasteiger partial charge on any atom is 0.0409 e. The lowest BCUT2D eigenvalue weighted by atomic mass is 10.0. The highest BCUT2D eigenvalue weighted by molar-refractivity contribution is 6.30. The van der Waals surface area contributed by atoms with Crippen molar-refractivity contribution in [2.75, 3.05) is 13.1 Å². The minimum Gasteiger partial charge on any atom is -0.293 e. The molecule has 1 fully saturated rings. The van der Waals surface area contributed by atoms with Gasteiger partial charge in [-0.2, -0.15) is 0 Å². The zero-order valence-electron chi connectivity index (χ0n) is 9.07. The molecule has 1 aliphatic rings. The highest BCUT2D eigenvalue weighted by Gasteiger charge is 2.24. The summed E-state index contributed by atoms with van der Waals surface area (Å²) in [6, 6.07) is 8.65. The Labute approximate surface area is 107 Å². The first-order valence-electron chi connectivity index (χ1n) is 5.56. The molecule has 0 aliphatic carbocycles. The summed E-state index contributed by atoms with van der Waals surface area (Å²) in [5.41, 5.74) is 2.90. The van der Waals surface area contributed by atoms with E-state index in [0.29, 0.717) is 6.04 Å². The maximum atomic E-state index is 6.02. The van der Waals surface area contributed by atoms with E-state index in [1.165, 1.54) is 18.4 Å². The van der Waals surface area contributed by atoms with Crippen molar-refractivity contribution in [2.24, 2.45) is 0 Å². The first-order chi connectivity index (χ1) is 7.81. The number of benzene rings is 1. The summed E-state index contributed by atoms with van der Waals surface area (Å²) >= 11 is 11.6. The Balaban J connectivity index is 2.13. The molecule has 86 valence electrons. The molecule has 0 N–H and O–H groups in total. The average Bonchev–Trinajstić information content (AvgIpc) is 2.74. The predicted molar refractivity (Wildman–Crippen MR) is 70.0 cm³/mol. The van der Waals surface area contributed by atoms with Crippen LogP contribution in [-0.4, -0.2) is 18.0 Å². The molecule has 0 aromatic heterocycles. The summed E-state index contributed by atoms with van der Waals surface area (Å²) in [4.78, 5) is 2.44. The fourth-order valence-corrected chi connectivity index (χ4v) is 2.59. The van der Waals surface area contributed by atoms with Crippen LogP contribution < -0.4 is 0 Å². The molecule has 1 heterocycles. The molecule has 1 aromatic rings. The summed E-state index contributed by atoms with van der Waals surface area (Å²) in [6.45, 7) is 2.05. The lowest BCUT2D eigenvalue weighted by Gasteiger charge is -2.23. The van der Waals surface area contributed by atoms with Gasteiger partial charge in [0.25, 0.3) is 0 Å².